The molecule has 3 rings (SSSR count). The lowest BCUT2D eigenvalue weighted by molar-refractivity contribution is -0.0587. The third kappa shape index (κ3) is 2.17. The molecule has 8 heteroatoms. The van der Waals surface area contributed by atoms with Gasteiger partial charge in [-0.15, -0.1) is 11.8 Å². The highest BCUT2D eigenvalue weighted by Gasteiger charge is 2.39. The Bertz CT molecular complexity index is 764. The Kier molecular flexibility index (Phi) is 3.45. The Morgan fingerprint density at radius 2 is 1.77 bits per heavy atom. The van der Waals surface area contributed by atoms with Crippen molar-refractivity contribution < 1.29 is 19.2 Å². The van der Waals surface area contributed by atoms with Crippen LogP contribution in [0.2, 0.25) is 0 Å². The molecule has 0 saturated carbocycles. The zero-order valence-corrected chi connectivity index (χ0v) is 12.6. The van der Waals surface area contributed by atoms with Crippen molar-refractivity contribution >= 4 is 29.5 Å². The maximum absolute atomic E-state index is 12.2. The minimum atomic E-state index is -0.799. The number of hydrogen-bond acceptors (Lipinski definition) is 6. The Labute approximate surface area is 129 Å². The van der Waals surface area contributed by atoms with Gasteiger partial charge in [0, 0.05) is 13.2 Å². The van der Waals surface area contributed by atoms with Crippen LogP contribution in [0, 0.1) is 0 Å². The fraction of sp³-hybridized carbons (Fsp3) is 0.143. The summed E-state index contributed by atoms with van der Waals surface area (Å²) in [4.78, 5) is 41.5. The number of rotatable bonds is 3. The maximum Gasteiger partial charge on any atom is 0.368 e. The van der Waals surface area contributed by atoms with Crippen LogP contribution >= 0.6 is 11.8 Å². The highest BCUT2D eigenvalue weighted by molar-refractivity contribution is 7.98. The SMILES string of the molecule is CSc1nn(C)cc1C(=O)ON1C(=O)c2ccccc2C1=O. The molecule has 7 nitrogen and oxygen atoms in total. The average molecular weight is 317 g/mol. The van der Waals surface area contributed by atoms with Crippen LogP contribution < -0.4 is 0 Å². The first-order valence-electron chi connectivity index (χ1n) is 6.30. The zero-order valence-electron chi connectivity index (χ0n) is 11.8. The molecule has 1 aliphatic heterocycles. The molecule has 2 aromatic rings. The smallest absolute Gasteiger partial charge is 0.324 e. The van der Waals surface area contributed by atoms with Crippen LogP contribution in [0.3, 0.4) is 0 Å². The summed E-state index contributed by atoms with van der Waals surface area (Å²) in [6.07, 6.45) is 3.24. The molecule has 0 atom stereocenters. The quantitative estimate of drug-likeness (QED) is 0.630. The minimum Gasteiger partial charge on any atom is -0.324 e. The second-order valence-corrected chi connectivity index (χ2v) is 5.35. The van der Waals surface area contributed by atoms with Crippen LogP contribution in [0.5, 0.6) is 0 Å². The second-order valence-electron chi connectivity index (χ2n) is 4.55. The lowest BCUT2D eigenvalue weighted by atomic mass is 10.1. The van der Waals surface area contributed by atoms with Crippen molar-refractivity contribution in [3.05, 3.63) is 47.2 Å². The Balaban J connectivity index is 1.87. The summed E-state index contributed by atoms with van der Waals surface area (Å²) in [6, 6.07) is 6.31. The molecular formula is C14H11N3O4S. The van der Waals surface area contributed by atoms with E-state index in [0.717, 1.165) is 0 Å². The van der Waals surface area contributed by atoms with Gasteiger partial charge >= 0.3 is 5.97 Å². The molecular weight excluding hydrogens is 306 g/mol. The van der Waals surface area contributed by atoms with Gasteiger partial charge in [-0.2, -0.15) is 5.10 Å². The predicted molar refractivity (Wildman–Crippen MR) is 77.3 cm³/mol. The third-order valence-electron chi connectivity index (χ3n) is 3.14. The van der Waals surface area contributed by atoms with Crippen LogP contribution in [0.25, 0.3) is 0 Å². The van der Waals surface area contributed by atoms with Crippen molar-refractivity contribution in [2.24, 2.45) is 7.05 Å². The summed E-state index contributed by atoms with van der Waals surface area (Å²) < 4.78 is 1.46. The summed E-state index contributed by atoms with van der Waals surface area (Å²) in [5.41, 5.74) is 0.639. The predicted octanol–water partition coefficient (Wildman–Crippen LogP) is 1.51. The molecule has 1 aliphatic rings. The van der Waals surface area contributed by atoms with Crippen LogP contribution in [-0.4, -0.2) is 38.9 Å². The summed E-state index contributed by atoms with van der Waals surface area (Å²) in [6.45, 7) is 0. The number of benzene rings is 1. The van der Waals surface area contributed by atoms with Gasteiger partial charge in [0.25, 0.3) is 11.8 Å². The number of aromatic nitrogens is 2. The molecule has 0 aliphatic carbocycles. The van der Waals surface area contributed by atoms with Gasteiger partial charge in [-0.1, -0.05) is 17.2 Å². The van der Waals surface area contributed by atoms with Crippen molar-refractivity contribution in [1.82, 2.24) is 14.8 Å². The number of aryl methyl sites for hydroxylation is 1. The lowest BCUT2D eigenvalue weighted by Gasteiger charge is -2.12. The van der Waals surface area contributed by atoms with E-state index in [4.69, 9.17) is 4.84 Å². The molecule has 112 valence electrons. The molecule has 22 heavy (non-hydrogen) atoms. The molecule has 0 N–H and O–H groups in total. The number of fused-ring (bicyclic) bond motifs is 1. The van der Waals surface area contributed by atoms with Crippen molar-refractivity contribution in [2.75, 3.05) is 6.26 Å². The fourth-order valence-electron chi connectivity index (χ4n) is 2.14. The molecule has 0 spiro atoms. The number of amides is 2. The molecule has 0 radical (unpaired) electrons. The molecule has 0 unspecified atom stereocenters. The van der Waals surface area contributed by atoms with Gasteiger partial charge in [0.15, 0.2) is 0 Å². The highest BCUT2D eigenvalue weighted by atomic mass is 32.2. The summed E-state index contributed by atoms with van der Waals surface area (Å²) in [5, 5.41) is 5.05. The van der Waals surface area contributed by atoms with E-state index in [2.05, 4.69) is 5.10 Å². The van der Waals surface area contributed by atoms with E-state index in [1.165, 1.54) is 34.8 Å². The topological polar surface area (TPSA) is 81.5 Å². The number of hydroxylamine groups is 2. The number of hydrogen-bond donors (Lipinski definition) is 0. The minimum absolute atomic E-state index is 0.201. The van der Waals surface area contributed by atoms with Gasteiger partial charge < -0.3 is 4.84 Å². The van der Waals surface area contributed by atoms with Crippen LogP contribution in [0.15, 0.2) is 35.5 Å². The van der Waals surface area contributed by atoms with Gasteiger partial charge in [0.05, 0.1) is 11.1 Å². The first-order chi connectivity index (χ1) is 10.5. The highest BCUT2D eigenvalue weighted by Crippen LogP contribution is 2.25. The largest absolute Gasteiger partial charge is 0.368 e. The van der Waals surface area contributed by atoms with E-state index in [9.17, 15) is 14.4 Å². The fourth-order valence-corrected chi connectivity index (χ4v) is 2.71. The van der Waals surface area contributed by atoms with E-state index in [1.807, 2.05) is 0 Å². The van der Waals surface area contributed by atoms with E-state index in [-0.39, 0.29) is 16.7 Å². The second kappa shape index (κ2) is 5.30. The Morgan fingerprint density at radius 3 is 2.32 bits per heavy atom. The van der Waals surface area contributed by atoms with Gasteiger partial charge in [0.1, 0.15) is 10.6 Å². The molecule has 1 aromatic heterocycles. The lowest BCUT2D eigenvalue weighted by Crippen LogP contribution is -2.32. The molecule has 0 saturated heterocycles. The molecule has 1 aromatic carbocycles. The number of carbonyl (C=O) groups excluding carboxylic acids is 3. The number of imide groups is 1. The third-order valence-corrected chi connectivity index (χ3v) is 3.83. The molecule has 0 fully saturated rings. The average Bonchev–Trinajstić information content (AvgIpc) is 3.01. The van der Waals surface area contributed by atoms with Crippen LogP contribution in [0.4, 0.5) is 0 Å². The first-order valence-corrected chi connectivity index (χ1v) is 7.53. The van der Waals surface area contributed by atoms with Gasteiger partial charge in [-0.25, -0.2) is 4.79 Å². The van der Waals surface area contributed by atoms with Gasteiger partial charge in [-0.3, -0.25) is 14.3 Å². The van der Waals surface area contributed by atoms with Crippen LogP contribution in [0.1, 0.15) is 31.1 Å². The summed E-state index contributed by atoms with van der Waals surface area (Å²) in [5.74, 6) is -2.10. The van der Waals surface area contributed by atoms with Crippen molar-refractivity contribution in [3.63, 3.8) is 0 Å². The van der Waals surface area contributed by atoms with E-state index in [1.54, 1.807) is 25.4 Å². The number of thioether (sulfide) groups is 1. The van der Waals surface area contributed by atoms with E-state index >= 15 is 0 Å². The van der Waals surface area contributed by atoms with E-state index in [0.29, 0.717) is 10.1 Å². The molecule has 2 amide bonds. The number of carbonyl (C=O) groups is 3. The number of nitrogens with zero attached hydrogens (tertiary/aromatic N) is 3. The van der Waals surface area contributed by atoms with Crippen molar-refractivity contribution in [2.45, 2.75) is 5.03 Å². The van der Waals surface area contributed by atoms with E-state index < -0.39 is 17.8 Å². The van der Waals surface area contributed by atoms with Crippen molar-refractivity contribution in [1.29, 1.82) is 0 Å². The first kappa shape index (κ1) is 14.3. The Morgan fingerprint density at radius 1 is 1.18 bits per heavy atom. The molecule has 2 heterocycles. The standard InChI is InChI=1S/C14H11N3O4S/c1-16-7-10(11(15-16)22-2)14(20)21-17-12(18)8-5-3-4-6-9(8)13(17)19/h3-7H,1-2H3. The zero-order chi connectivity index (χ0) is 15.9. The summed E-state index contributed by atoms with van der Waals surface area (Å²) >= 11 is 1.27. The molecule has 0 bridgehead atoms. The monoisotopic (exact) mass is 317 g/mol. The van der Waals surface area contributed by atoms with Crippen molar-refractivity contribution in [3.8, 4) is 0 Å². The maximum atomic E-state index is 12.2. The normalized spacial score (nSPS) is 13.5. The Hall–Kier alpha value is -2.61. The van der Waals surface area contributed by atoms with Crippen LogP contribution in [-0.2, 0) is 11.9 Å². The summed E-state index contributed by atoms with van der Waals surface area (Å²) in [7, 11) is 1.67. The van der Waals surface area contributed by atoms with Gasteiger partial charge in [-0.05, 0) is 18.4 Å². The van der Waals surface area contributed by atoms with Gasteiger partial charge in [0.2, 0.25) is 0 Å².